The van der Waals surface area contributed by atoms with Crippen LogP contribution in [0, 0.1) is 0 Å². The lowest BCUT2D eigenvalue weighted by atomic mass is 10.1. The first-order valence-electron chi connectivity index (χ1n) is 26.6. The van der Waals surface area contributed by atoms with E-state index in [-0.39, 0.29) is 37.5 Å². The molecular weight excluding hydrogens is 817 g/mol. The van der Waals surface area contributed by atoms with E-state index in [2.05, 4.69) is 87.6 Å². The Bertz CT molecular complexity index is 1420. The number of carbonyl (C=O) groups is 3. The lowest BCUT2D eigenvalue weighted by molar-refractivity contribution is -0.167. The topological polar surface area (TPSA) is 78.9 Å². The van der Waals surface area contributed by atoms with E-state index < -0.39 is 6.10 Å². The molecule has 6 nitrogen and oxygen atoms in total. The predicted molar refractivity (Wildman–Crippen MR) is 283 cm³/mol. The molecule has 0 spiro atoms. The lowest BCUT2D eigenvalue weighted by Crippen LogP contribution is -2.30. The fraction of sp³-hybridized carbons (Fsp3) is 0.617. The van der Waals surface area contributed by atoms with Gasteiger partial charge in [-0.3, -0.25) is 14.4 Å². The highest BCUT2D eigenvalue weighted by molar-refractivity contribution is 5.71. The molecule has 0 heterocycles. The van der Waals surface area contributed by atoms with Crippen LogP contribution in [0.5, 0.6) is 0 Å². The molecule has 0 rings (SSSR count). The van der Waals surface area contributed by atoms with Gasteiger partial charge in [-0.15, -0.1) is 0 Å². The SMILES string of the molecule is CC\C=C/C=C\C=C/C=C\C=C/CCCC(=O)OCC(COC(=O)CCCCCCCCCCCC/C=C\C=C/CCCCC)OC(=O)CCCCCCCC/C=C\C/C=C\C/C=C\CC. The first-order valence-corrected chi connectivity index (χ1v) is 26.6. The van der Waals surface area contributed by atoms with Crippen molar-refractivity contribution in [3.63, 3.8) is 0 Å². The van der Waals surface area contributed by atoms with Gasteiger partial charge in [0.2, 0.25) is 0 Å². The number of hydrogen-bond acceptors (Lipinski definition) is 6. The fourth-order valence-electron chi connectivity index (χ4n) is 6.89. The Hall–Kier alpha value is -4.19. The largest absolute Gasteiger partial charge is 0.462 e. The van der Waals surface area contributed by atoms with Crippen LogP contribution in [0.2, 0.25) is 0 Å². The molecule has 0 fully saturated rings. The van der Waals surface area contributed by atoms with Gasteiger partial charge in [0, 0.05) is 19.3 Å². The average Bonchev–Trinajstić information content (AvgIpc) is 3.31. The molecule has 1 unspecified atom stereocenters. The molecule has 0 aliphatic carbocycles. The Morgan fingerprint density at radius 3 is 1.18 bits per heavy atom. The Balaban J connectivity index is 4.48. The van der Waals surface area contributed by atoms with E-state index in [1.54, 1.807) is 0 Å². The predicted octanol–water partition coefficient (Wildman–Crippen LogP) is 17.7. The standard InChI is InChI=1S/C60H96O6/c1-4-7-10-13-16-19-22-25-27-29-30-31-33-35-38-41-44-47-50-53-59(62)65-56-57(55-64-58(61)52-49-46-43-40-37-34-24-21-18-15-12-9-6-3)66-60(63)54-51-48-45-42-39-36-32-28-26-23-20-17-14-11-8-5-2/h8-9,11-12,15-22,24-26,28,34,37,40,43,57H,4-7,10,13-14,23,27,29-33,35-36,38-39,41-42,44-56H2,1-3H3/b11-8-,12-9-,18-15-,19-16-,20-17-,24-21-,25-22-,28-26-,37-34-,43-40-. The van der Waals surface area contributed by atoms with Crippen molar-refractivity contribution in [2.24, 2.45) is 0 Å². The van der Waals surface area contributed by atoms with Gasteiger partial charge in [0.25, 0.3) is 0 Å². The van der Waals surface area contributed by atoms with Crippen molar-refractivity contribution in [1.82, 2.24) is 0 Å². The average molecular weight is 913 g/mol. The van der Waals surface area contributed by atoms with E-state index >= 15 is 0 Å². The first kappa shape index (κ1) is 61.8. The number of ether oxygens (including phenoxy) is 3. The van der Waals surface area contributed by atoms with E-state index in [0.29, 0.717) is 19.3 Å². The van der Waals surface area contributed by atoms with Crippen LogP contribution in [0.15, 0.2) is 122 Å². The van der Waals surface area contributed by atoms with Crippen molar-refractivity contribution >= 4 is 17.9 Å². The fourth-order valence-corrected chi connectivity index (χ4v) is 6.89. The van der Waals surface area contributed by atoms with Crippen LogP contribution in [0.25, 0.3) is 0 Å². The summed E-state index contributed by atoms with van der Waals surface area (Å²) in [5, 5.41) is 0. The molecule has 0 N–H and O–H groups in total. The smallest absolute Gasteiger partial charge is 0.306 e. The molecular formula is C60H96O6. The molecule has 0 saturated heterocycles. The Morgan fingerprint density at radius 2 is 0.682 bits per heavy atom. The van der Waals surface area contributed by atoms with Crippen LogP contribution >= 0.6 is 0 Å². The molecule has 0 aromatic carbocycles. The highest BCUT2D eigenvalue weighted by Gasteiger charge is 2.19. The maximum absolute atomic E-state index is 12.8. The third kappa shape index (κ3) is 50.8. The van der Waals surface area contributed by atoms with Gasteiger partial charge in [-0.25, -0.2) is 0 Å². The minimum absolute atomic E-state index is 0.111. The lowest BCUT2D eigenvalue weighted by Gasteiger charge is -2.18. The van der Waals surface area contributed by atoms with Gasteiger partial charge >= 0.3 is 17.9 Å². The quantitative estimate of drug-likeness (QED) is 0.0199. The Morgan fingerprint density at radius 1 is 0.333 bits per heavy atom. The second-order valence-electron chi connectivity index (χ2n) is 17.2. The summed E-state index contributed by atoms with van der Waals surface area (Å²) in [5.74, 6) is -1.01. The van der Waals surface area contributed by atoms with Crippen LogP contribution in [-0.2, 0) is 28.6 Å². The zero-order valence-corrected chi connectivity index (χ0v) is 42.4. The van der Waals surface area contributed by atoms with E-state index in [0.717, 1.165) is 83.5 Å². The number of rotatable bonds is 46. The van der Waals surface area contributed by atoms with Gasteiger partial charge in [0.05, 0.1) is 0 Å². The maximum Gasteiger partial charge on any atom is 0.306 e. The van der Waals surface area contributed by atoms with Crippen LogP contribution in [0.1, 0.15) is 220 Å². The number of allylic oxidation sites excluding steroid dienone is 20. The van der Waals surface area contributed by atoms with Crippen LogP contribution in [0.4, 0.5) is 0 Å². The molecule has 0 bridgehead atoms. The van der Waals surface area contributed by atoms with E-state index in [1.807, 2.05) is 54.7 Å². The monoisotopic (exact) mass is 913 g/mol. The Labute approximate surface area is 405 Å². The highest BCUT2D eigenvalue weighted by Crippen LogP contribution is 2.14. The van der Waals surface area contributed by atoms with E-state index in [9.17, 15) is 14.4 Å². The second kappa shape index (κ2) is 53.4. The van der Waals surface area contributed by atoms with Crippen molar-refractivity contribution < 1.29 is 28.6 Å². The van der Waals surface area contributed by atoms with Gasteiger partial charge < -0.3 is 14.2 Å². The zero-order chi connectivity index (χ0) is 47.9. The van der Waals surface area contributed by atoms with Crippen molar-refractivity contribution in [2.75, 3.05) is 13.2 Å². The normalized spacial score (nSPS) is 13.1. The number of esters is 3. The molecule has 0 aromatic rings. The van der Waals surface area contributed by atoms with Crippen molar-refractivity contribution in [2.45, 2.75) is 226 Å². The highest BCUT2D eigenvalue weighted by atomic mass is 16.6. The molecule has 1 atom stereocenters. The van der Waals surface area contributed by atoms with Crippen LogP contribution < -0.4 is 0 Å². The van der Waals surface area contributed by atoms with Gasteiger partial charge in [-0.2, -0.15) is 0 Å². The molecule has 66 heavy (non-hydrogen) atoms. The summed E-state index contributed by atoms with van der Waals surface area (Å²) in [5.41, 5.74) is 0. The Kier molecular flexibility index (Phi) is 50.0. The second-order valence-corrected chi connectivity index (χ2v) is 17.2. The maximum atomic E-state index is 12.8. The molecule has 0 radical (unpaired) electrons. The van der Waals surface area contributed by atoms with Gasteiger partial charge in [0.1, 0.15) is 13.2 Å². The minimum Gasteiger partial charge on any atom is -0.462 e. The van der Waals surface area contributed by atoms with E-state index in [1.165, 1.54) is 89.9 Å². The molecule has 0 amide bonds. The summed E-state index contributed by atoms with van der Waals surface area (Å²) in [4.78, 5) is 38.0. The summed E-state index contributed by atoms with van der Waals surface area (Å²) in [6, 6.07) is 0. The van der Waals surface area contributed by atoms with Crippen molar-refractivity contribution in [1.29, 1.82) is 0 Å². The molecule has 6 heteroatoms. The summed E-state index contributed by atoms with van der Waals surface area (Å²) < 4.78 is 16.7. The third-order valence-corrected chi connectivity index (χ3v) is 10.8. The van der Waals surface area contributed by atoms with Gasteiger partial charge in [0.15, 0.2) is 6.10 Å². The number of unbranched alkanes of at least 4 members (excludes halogenated alkanes) is 20. The van der Waals surface area contributed by atoms with Crippen molar-refractivity contribution in [3.8, 4) is 0 Å². The molecule has 372 valence electrons. The zero-order valence-electron chi connectivity index (χ0n) is 42.4. The molecule has 0 aromatic heterocycles. The number of carbonyl (C=O) groups excluding carboxylic acids is 3. The first-order chi connectivity index (χ1) is 32.5. The van der Waals surface area contributed by atoms with Crippen LogP contribution in [-0.4, -0.2) is 37.2 Å². The van der Waals surface area contributed by atoms with Crippen molar-refractivity contribution in [3.05, 3.63) is 122 Å². The summed E-state index contributed by atoms with van der Waals surface area (Å²) >= 11 is 0. The van der Waals surface area contributed by atoms with Gasteiger partial charge in [-0.05, 0) is 89.9 Å². The van der Waals surface area contributed by atoms with Crippen LogP contribution in [0.3, 0.4) is 0 Å². The molecule has 0 saturated carbocycles. The summed E-state index contributed by atoms with van der Waals surface area (Å²) in [6.45, 7) is 6.27. The molecule has 0 aliphatic rings. The number of hydrogen-bond donors (Lipinski definition) is 0. The van der Waals surface area contributed by atoms with Gasteiger partial charge in [-0.1, -0.05) is 232 Å². The third-order valence-electron chi connectivity index (χ3n) is 10.8. The minimum atomic E-state index is -0.818. The summed E-state index contributed by atoms with van der Waals surface area (Å²) in [7, 11) is 0. The van der Waals surface area contributed by atoms with E-state index in [4.69, 9.17) is 14.2 Å². The summed E-state index contributed by atoms with van der Waals surface area (Å²) in [6.07, 6.45) is 73.3. The molecule has 0 aliphatic heterocycles.